The summed E-state index contributed by atoms with van der Waals surface area (Å²) in [5.74, 6) is 1.10. The lowest BCUT2D eigenvalue weighted by Gasteiger charge is -2.16. The molecule has 0 radical (unpaired) electrons. The zero-order valence-electron chi connectivity index (χ0n) is 12.8. The van der Waals surface area contributed by atoms with E-state index in [2.05, 4.69) is 9.71 Å². The molecule has 1 aliphatic carbocycles. The van der Waals surface area contributed by atoms with E-state index in [0.717, 1.165) is 24.8 Å². The standard InChI is InChI=1S/C16H20N2O3S/c1-11-16(21-12(2)18-11)10-17-22(19,20)15-8-7-13-5-3-4-6-14(13)9-15/h7-9,17H,3-6,10H2,1-2H3. The van der Waals surface area contributed by atoms with Crippen LogP contribution in [0.25, 0.3) is 0 Å². The van der Waals surface area contributed by atoms with Gasteiger partial charge in [0, 0.05) is 6.92 Å². The lowest BCUT2D eigenvalue weighted by molar-refractivity contribution is 0.466. The van der Waals surface area contributed by atoms with Crippen LogP contribution in [0, 0.1) is 13.8 Å². The fraction of sp³-hybridized carbons (Fsp3) is 0.438. The van der Waals surface area contributed by atoms with Gasteiger partial charge < -0.3 is 4.42 Å². The fourth-order valence-electron chi connectivity index (χ4n) is 2.86. The molecule has 0 unspecified atom stereocenters. The Labute approximate surface area is 130 Å². The van der Waals surface area contributed by atoms with Crippen LogP contribution in [0.3, 0.4) is 0 Å². The number of oxazole rings is 1. The highest BCUT2D eigenvalue weighted by Gasteiger charge is 2.19. The summed E-state index contributed by atoms with van der Waals surface area (Å²) in [6, 6.07) is 5.42. The van der Waals surface area contributed by atoms with E-state index in [9.17, 15) is 8.42 Å². The largest absolute Gasteiger partial charge is 0.444 e. The molecular formula is C16H20N2O3S. The lowest BCUT2D eigenvalue weighted by Crippen LogP contribution is -2.23. The highest BCUT2D eigenvalue weighted by molar-refractivity contribution is 7.89. The Balaban J connectivity index is 1.79. The summed E-state index contributed by atoms with van der Waals surface area (Å²) in [7, 11) is -3.54. The number of aromatic nitrogens is 1. The van der Waals surface area contributed by atoms with E-state index in [-0.39, 0.29) is 6.54 Å². The van der Waals surface area contributed by atoms with Crippen LogP contribution >= 0.6 is 0 Å². The van der Waals surface area contributed by atoms with Gasteiger partial charge in [-0.2, -0.15) is 0 Å². The molecule has 118 valence electrons. The molecule has 0 amide bonds. The molecule has 0 saturated carbocycles. The Morgan fingerprint density at radius 3 is 2.59 bits per heavy atom. The quantitative estimate of drug-likeness (QED) is 0.940. The van der Waals surface area contributed by atoms with E-state index in [4.69, 9.17) is 4.42 Å². The van der Waals surface area contributed by atoms with Crippen LogP contribution in [0.15, 0.2) is 27.5 Å². The number of nitrogens with zero attached hydrogens (tertiary/aromatic N) is 1. The van der Waals surface area contributed by atoms with Crippen molar-refractivity contribution in [2.24, 2.45) is 0 Å². The number of aryl methyl sites for hydroxylation is 4. The molecule has 0 fully saturated rings. The Morgan fingerprint density at radius 2 is 1.91 bits per heavy atom. The number of fused-ring (bicyclic) bond motifs is 1. The van der Waals surface area contributed by atoms with E-state index in [0.29, 0.717) is 22.2 Å². The minimum Gasteiger partial charge on any atom is -0.444 e. The van der Waals surface area contributed by atoms with Gasteiger partial charge in [0.1, 0.15) is 5.76 Å². The van der Waals surface area contributed by atoms with Crippen LogP contribution in [0.4, 0.5) is 0 Å². The van der Waals surface area contributed by atoms with Crippen molar-refractivity contribution in [1.29, 1.82) is 0 Å². The van der Waals surface area contributed by atoms with Crippen LogP contribution in [0.5, 0.6) is 0 Å². The van der Waals surface area contributed by atoms with Gasteiger partial charge in [0.05, 0.1) is 17.1 Å². The Hall–Kier alpha value is -1.66. The number of nitrogens with one attached hydrogen (secondary N) is 1. The van der Waals surface area contributed by atoms with Crippen LogP contribution in [-0.4, -0.2) is 13.4 Å². The van der Waals surface area contributed by atoms with Crippen molar-refractivity contribution in [3.05, 3.63) is 46.7 Å². The first kappa shape index (κ1) is 15.2. The lowest BCUT2D eigenvalue weighted by atomic mass is 9.92. The van der Waals surface area contributed by atoms with Gasteiger partial charge in [-0.25, -0.2) is 18.1 Å². The number of sulfonamides is 1. The van der Waals surface area contributed by atoms with E-state index in [1.807, 2.05) is 6.07 Å². The Morgan fingerprint density at radius 1 is 1.18 bits per heavy atom. The predicted octanol–water partition coefficient (Wildman–Crippen LogP) is 2.65. The van der Waals surface area contributed by atoms with Gasteiger partial charge in [-0.05, 0) is 55.9 Å². The van der Waals surface area contributed by atoms with Gasteiger partial charge in [-0.1, -0.05) is 6.07 Å². The number of hydrogen-bond acceptors (Lipinski definition) is 4. The van der Waals surface area contributed by atoms with Gasteiger partial charge in [-0.3, -0.25) is 0 Å². The molecule has 0 saturated heterocycles. The zero-order valence-corrected chi connectivity index (χ0v) is 13.7. The monoisotopic (exact) mass is 320 g/mol. The summed E-state index contributed by atoms with van der Waals surface area (Å²) in [5, 5.41) is 0. The first-order valence-electron chi connectivity index (χ1n) is 7.50. The maximum atomic E-state index is 12.4. The second-order valence-electron chi connectivity index (χ2n) is 5.70. The van der Waals surface area contributed by atoms with Gasteiger partial charge in [0.25, 0.3) is 0 Å². The highest BCUT2D eigenvalue weighted by atomic mass is 32.2. The van der Waals surface area contributed by atoms with E-state index in [1.165, 1.54) is 12.0 Å². The van der Waals surface area contributed by atoms with Crippen molar-refractivity contribution in [2.45, 2.75) is 51.0 Å². The zero-order chi connectivity index (χ0) is 15.7. The van der Waals surface area contributed by atoms with E-state index in [1.54, 1.807) is 26.0 Å². The average Bonchev–Trinajstić information content (AvgIpc) is 2.82. The summed E-state index contributed by atoms with van der Waals surface area (Å²) in [5.41, 5.74) is 3.14. The molecule has 3 rings (SSSR count). The molecule has 1 aromatic carbocycles. The minimum absolute atomic E-state index is 0.117. The molecule has 5 nitrogen and oxygen atoms in total. The minimum atomic E-state index is -3.54. The summed E-state index contributed by atoms with van der Waals surface area (Å²) < 4.78 is 32.9. The first-order valence-corrected chi connectivity index (χ1v) is 8.98. The fourth-order valence-corrected chi connectivity index (χ4v) is 3.89. The number of hydrogen-bond donors (Lipinski definition) is 1. The molecule has 0 atom stereocenters. The summed E-state index contributed by atoms with van der Waals surface area (Å²) in [6.07, 6.45) is 4.31. The molecule has 1 aliphatic rings. The molecule has 22 heavy (non-hydrogen) atoms. The topological polar surface area (TPSA) is 72.2 Å². The molecule has 0 spiro atoms. The van der Waals surface area contributed by atoms with Crippen LogP contribution < -0.4 is 4.72 Å². The van der Waals surface area contributed by atoms with Gasteiger partial charge in [0.15, 0.2) is 5.89 Å². The van der Waals surface area contributed by atoms with Gasteiger partial charge >= 0.3 is 0 Å². The molecule has 1 aromatic heterocycles. The maximum Gasteiger partial charge on any atom is 0.240 e. The predicted molar refractivity (Wildman–Crippen MR) is 83.1 cm³/mol. The first-order chi connectivity index (χ1) is 10.5. The summed E-state index contributed by atoms with van der Waals surface area (Å²) in [4.78, 5) is 4.46. The van der Waals surface area contributed by atoms with E-state index >= 15 is 0 Å². The Bertz CT molecular complexity index is 794. The third kappa shape index (κ3) is 3.08. The second kappa shape index (κ2) is 5.85. The van der Waals surface area contributed by atoms with Crippen molar-refractivity contribution in [3.8, 4) is 0 Å². The number of rotatable bonds is 4. The van der Waals surface area contributed by atoms with Crippen LogP contribution in [0.1, 0.15) is 41.3 Å². The molecule has 1 N–H and O–H groups in total. The second-order valence-corrected chi connectivity index (χ2v) is 7.47. The average molecular weight is 320 g/mol. The van der Waals surface area contributed by atoms with E-state index < -0.39 is 10.0 Å². The summed E-state index contributed by atoms with van der Waals surface area (Å²) >= 11 is 0. The van der Waals surface area contributed by atoms with Gasteiger partial charge in [0.2, 0.25) is 10.0 Å². The summed E-state index contributed by atoms with van der Waals surface area (Å²) in [6.45, 7) is 3.67. The SMILES string of the molecule is Cc1nc(C)c(CNS(=O)(=O)c2ccc3c(c2)CCCC3)o1. The van der Waals surface area contributed by atoms with Crippen molar-refractivity contribution >= 4 is 10.0 Å². The van der Waals surface area contributed by atoms with Crippen molar-refractivity contribution in [2.75, 3.05) is 0 Å². The molecule has 6 heteroatoms. The number of benzene rings is 1. The normalized spacial score (nSPS) is 14.8. The van der Waals surface area contributed by atoms with Crippen LogP contribution in [-0.2, 0) is 29.4 Å². The third-order valence-corrected chi connectivity index (χ3v) is 5.45. The van der Waals surface area contributed by atoms with Gasteiger partial charge in [-0.15, -0.1) is 0 Å². The molecule has 0 bridgehead atoms. The Kier molecular flexibility index (Phi) is 4.06. The van der Waals surface area contributed by atoms with Crippen molar-refractivity contribution in [3.63, 3.8) is 0 Å². The van der Waals surface area contributed by atoms with Crippen molar-refractivity contribution in [1.82, 2.24) is 9.71 Å². The van der Waals surface area contributed by atoms with Crippen LogP contribution in [0.2, 0.25) is 0 Å². The molecule has 2 aromatic rings. The molecular weight excluding hydrogens is 300 g/mol. The molecule has 0 aliphatic heterocycles. The smallest absolute Gasteiger partial charge is 0.240 e. The maximum absolute atomic E-state index is 12.4. The third-order valence-electron chi connectivity index (χ3n) is 4.05. The van der Waals surface area contributed by atoms with Crippen molar-refractivity contribution < 1.29 is 12.8 Å². The highest BCUT2D eigenvalue weighted by Crippen LogP contribution is 2.24. The molecule has 1 heterocycles.